The van der Waals surface area contributed by atoms with Crippen LogP contribution in [0.4, 0.5) is 0 Å². The van der Waals surface area contributed by atoms with Gasteiger partial charge in [0, 0.05) is 17.7 Å². The summed E-state index contributed by atoms with van der Waals surface area (Å²) in [5, 5.41) is 8.51. The molecule has 0 spiro atoms. The first-order chi connectivity index (χ1) is 7.08. The molecule has 0 saturated heterocycles. The van der Waals surface area contributed by atoms with Crippen LogP contribution >= 0.6 is 0 Å². The molecule has 0 aliphatic carbocycles. The Hall–Kier alpha value is -1.17. The molecule has 0 bridgehead atoms. The molecule has 0 atom stereocenters. The summed E-state index contributed by atoms with van der Waals surface area (Å²) in [7, 11) is 1.94. The van der Waals surface area contributed by atoms with Crippen LogP contribution in [0.2, 0.25) is 0 Å². The van der Waals surface area contributed by atoms with Crippen LogP contribution in [0.3, 0.4) is 0 Å². The number of aromatic nitrogens is 1. The average Bonchev–Trinajstić information content (AvgIpc) is 2.14. The number of hydrogen-bond acceptors (Lipinski definition) is 1. The van der Waals surface area contributed by atoms with Gasteiger partial charge < -0.3 is 29.1 Å². The van der Waals surface area contributed by atoms with E-state index in [2.05, 4.69) is 0 Å². The number of allylic oxidation sites excluding steroid dienone is 2. The zero-order valence-electron chi connectivity index (χ0n) is 9.22. The Balaban J connectivity index is 0.00000225. The van der Waals surface area contributed by atoms with Crippen molar-refractivity contribution in [2.45, 2.75) is 6.92 Å². The molecule has 4 heteroatoms. The van der Waals surface area contributed by atoms with E-state index in [1.807, 2.05) is 42.2 Å². The lowest BCUT2D eigenvalue weighted by Gasteiger charge is -1.91. The first-order valence-corrected chi connectivity index (χ1v) is 4.62. The van der Waals surface area contributed by atoms with Crippen LogP contribution in [-0.4, -0.2) is 11.1 Å². The quantitative estimate of drug-likeness (QED) is 0.319. The lowest BCUT2D eigenvalue weighted by atomic mass is 10.2. The smallest absolute Gasteiger partial charge is 0.328 e. The summed E-state index contributed by atoms with van der Waals surface area (Å²) in [5.41, 5.74) is 1.76. The van der Waals surface area contributed by atoms with Gasteiger partial charge in [0.05, 0.1) is 0 Å². The maximum atomic E-state index is 10.4. The maximum Gasteiger partial charge on any atom is 0.328 e. The van der Waals surface area contributed by atoms with Crippen molar-refractivity contribution in [3.63, 3.8) is 0 Å². The van der Waals surface area contributed by atoms with E-state index in [1.165, 1.54) is 6.08 Å². The predicted octanol–water partition coefficient (Wildman–Crippen LogP) is -1.44. The number of rotatable bonds is 3. The first kappa shape index (κ1) is 14.8. The summed E-state index contributed by atoms with van der Waals surface area (Å²) in [6, 6.07) is 3.90. The number of aliphatic carboxylic acids is 1. The Bertz CT molecular complexity index is 425. The molecule has 3 nitrogen and oxygen atoms in total. The summed E-state index contributed by atoms with van der Waals surface area (Å²) in [6.07, 6.45) is 8.75. The topological polar surface area (TPSA) is 41.2 Å². The molecule has 0 aromatic carbocycles. The molecule has 1 heterocycles. The number of carbonyl (C=O) groups is 1. The SMILES string of the molecule is CC(C=Cc1ccc[n+](C)c1)=CC(=O)O.[I-]. The lowest BCUT2D eigenvalue weighted by molar-refractivity contribution is -0.671. The van der Waals surface area contributed by atoms with Crippen molar-refractivity contribution in [2.24, 2.45) is 7.05 Å². The molecule has 86 valence electrons. The van der Waals surface area contributed by atoms with Gasteiger partial charge in [0.1, 0.15) is 7.05 Å². The van der Waals surface area contributed by atoms with Gasteiger partial charge in [-0.15, -0.1) is 0 Å². The Kier molecular flexibility index (Phi) is 6.64. The van der Waals surface area contributed by atoms with E-state index >= 15 is 0 Å². The Labute approximate surface area is 112 Å². The average molecular weight is 331 g/mol. The number of halogens is 1. The van der Waals surface area contributed by atoms with Crippen molar-refractivity contribution < 1.29 is 38.4 Å². The van der Waals surface area contributed by atoms with Crippen LogP contribution in [0.1, 0.15) is 12.5 Å². The maximum absolute atomic E-state index is 10.4. The minimum absolute atomic E-state index is 0. The highest BCUT2D eigenvalue weighted by molar-refractivity contribution is 5.81. The standard InChI is InChI=1S/C12H13NO2.HI/c1-10(8-12(14)15)5-6-11-4-3-7-13(2)9-11;/h3-9H,1-2H3;1H. The van der Waals surface area contributed by atoms with Gasteiger partial charge in [-0.3, -0.25) is 0 Å². The largest absolute Gasteiger partial charge is 1.00 e. The molecule has 1 N–H and O–H groups in total. The van der Waals surface area contributed by atoms with Crippen LogP contribution in [0, 0.1) is 0 Å². The van der Waals surface area contributed by atoms with Gasteiger partial charge in [-0.25, -0.2) is 9.36 Å². The van der Waals surface area contributed by atoms with E-state index in [0.29, 0.717) is 5.57 Å². The normalized spacial score (nSPS) is 11.2. The Morgan fingerprint density at radius 3 is 2.75 bits per heavy atom. The third-order valence-electron chi connectivity index (χ3n) is 1.85. The van der Waals surface area contributed by atoms with Crippen LogP contribution in [0.15, 0.2) is 42.3 Å². The minimum atomic E-state index is -0.921. The van der Waals surface area contributed by atoms with E-state index in [-0.39, 0.29) is 24.0 Å². The van der Waals surface area contributed by atoms with Crippen molar-refractivity contribution in [3.8, 4) is 0 Å². The molecule has 1 rings (SSSR count). The third kappa shape index (κ3) is 5.65. The van der Waals surface area contributed by atoms with Gasteiger partial charge in [0.15, 0.2) is 12.4 Å². The highest BCUT2D eigenvalue weighted by Gasteiger charge is 1.94. The number of carboxylic acid groups (broad SMARTS) is 1. The molecular formula is C12H14INO2. The number of nitrogens with zero attached hydrogens (tertiary/aromatic N) is 1. The van der Waals surface area contributed by atoms with Gasteiger partial charge in [-0.1, -0.05) is 6.08 Å². The summed E-state index contributed by atoms with van der Waals surface area (Å²) >= 11 is 0. The second kappa shape index (κ2) is 7.16. The molecule has 16 heavy (non-hydrogen) atoms. The summed E-state index contributed by atoms with van der Waals surface area (Å²) in [6.45, 7) is 1.76. The third-order valence-corrected chi connectivity index (χ3v) is 1.85. The second-order valence-electron chi connectivity index (χ2n) is 3.36. The molecule has 0 amide bonds. The second-order valence-corrected chi connectivity index (χ2v) is 3.36. The van der Waals surface area contributed by atoms with E-state index in [0.717, 1.165) is 5.56 Å². The lowest BCUT2D eigenvalue weighted by Crippen LogP contribution is -3.00. The molecule has 0 aliphatic heterocycles. The van der Waals surface area contributed by atoms with Crippen molar-refractivity contribution in [1.82, 2.24) is 0 Å². The van der Waals surface area contributed by atoms with Gasteiger partial charge in [0.2, 0.25) is 0 Å². The molecule has 0 fully saturated rings. The number of hydrogen-bond donors (Lipinski definition) is 1. The van der Waals surface area contributed by atoms with Crippen molar-refractivity contribution in [2.75, 3.05) is 0 Å². The Morgan fingerprint density at radius 1 is 1.50 bits per heavy atom. The zero-order valence-corrected chi connectivity index (χ0v) is 11.4. The minimum Gasteiger partial charge on any atom is -1.00 e. The van der Waals surface area contributed by atoms with Crippen LogP contribution in [0.25, 0.3) is 6.08 Å². The van der Waals surface area contributed by atoms with Gasteiger partial charge >= 0.3 is 5.97 Å². The van der Waals surface area contributed by atoms with Gasteiger partial charge in [-0.2, -0.15) is 0 Å². The molecule has 1 aromatic heterocycles. The summed E-state index contributed by atoms with van der Waals surface area (Å²) in [4.78, 5) is 10.4. The molecule has 0 aliphatic rings. The van der Waals surface area contributed by atoms with E-state index in [9.17, 15) is 4.79 Å². The van der Waals surface area contributed by atoms with E-state index in [4.69, 9.17) is 5.11 Å². The molecule has 0 saturated carbocycles. The fourth-order valence-electron chi connectivity index (χ4n) is 1.18. The van der Waals surface area contributed by atoms with Crippen LogP contribution in [0.5, 0.6) is 0 Å². The molecule has 1 aromatic rings. The molecule has 0 radical (unpaired) electrons. The van der Waals surface area contributed by atoms with Crippen molar-refractivity contribution >= 4 is 12.0 Å². The Morgan fingerprint density at radius 2 is 2.19 bits per heavy atom. The van der Waals surface area contributed by atoms with Crippen molar-refractivity contribution in [1.29, 1.82) is 0 Å². The fourth-order valence-corrected chi connectivity index (χ4v) is 1.18. The highest BCUT2D eigenvalue weighted by atomic mass is 127. The first-order valence-electron chi connectivity index (χ1n) is 4.62. The van der Waals surface area contributed by atoms with Crippen LogP contribution in [-0.2, 0) is 11.8 Å². The van der Waals surface area contributed by atoms with Gasteiger partial charge in [0.25, 0.3) is 0 Å². The van der Waals surface area contributed by atoms with E-state index in [1.54, 1.807) is 13.0 Å². The molecular weight excluding hydrogens is 317 g/mol. The number of carboxylic acids is 1. The number of aryl methyl sites for hydroxylation is 1. The zero-order chi connectivity index (χ0) is 11.3. The van der Waals surface area contributed by atoms with Gasteiger partial charge in [-0.05, 0) is 24.6 Å². The summed E-state index contributed by atoms with van der Waals surface area (Å²) < 4.78 is 1.94. The van der Waals surface area contributed by atoms with Crippen molar-refractivity contribution in [3.05, 3.63) is 47.8 Å². The molecule has 0 unspecified atom stereocenters. The predicted molar refractivity (Wildman–Crippen MR) is 58.0 cm³/mol. The number of pyridine rings is 1. The summed E-state index contributed by atoms with van der Waals surface area (Å²) in [5.74, 6) is -0.921. The highest BCUT2D eigenvalue weighted by Crippen LogP contribution is 2.02. The monoisotopic (exact) mass is 331 g/mol. The fraction of sp³-hybridized carbons (Fsp3) is 0.167. The van der Waals surface area contributed by atoms with E-state index < -0.39 is 5.97 Å². The van der Waals surface area contributed by atoms with Crippen LogP contribution < -0.4 is 28.5 Å².